The van der Waals surface area contributed by atoms with Crippen molar-refractivity contribution < 1.29 is 23.5 Å². The highest BCUT2D eigenvalue weighted by atomic mass is 35.5. The molecule has 0 spiro atoms. The van der Waals surface area contributed by atoms with Gasteiger partial charge in [-0.3, -0.25) is 4.79 Å². The molecule has 7 nitrogen and oxygen atoms in total. The van der Waals surface area contributed by atoms with Crippen LogP contribution in [0.4, 0.5) is 9.18 Å². The fourth-order valence-electron chi connectivity index (χ4n) is 2.86. The molecular formula is C19H25ClFN3O4. The molecule has 2 N–H and O–H groups in total. The van der Waals surface area contributed by atoms with E-state index in [1.165, 1.54) is 6.07 Å². The van der Waals surface area contributed by atoms with E-state index in [0.717, 1.165) is 0 Å². The Morgan fingerprint density at radius 1 is 1.46 bits per heavy atom. The second-order valence-corrected chi connectivity index (χ2v) is 7.82. The summed E-state index contributed by atoms with van der Waals surface area (Å²) in [5.74, 6) is -0.926. The van der Waals surface area contributed by atoms with Crippen molar-refractivity contribution in [2.24, 2.45) is 5.10 Å². The number of halogens is 2. The Balaban J connectivity index is 2.42. The van der Waals surface area contributed by atoms with Gasteiger partial charge in [-0.2, -0.15) is 5.10 Å². The van der Waals surface area contributed by atoms with Gasteiger partial charge >= 0.3 is 6.09 Å². The first-order chi connectivity index (χ1) is 13.0. The van der Waals surface area contributed by atoms with Crippen molar-refractivity contribution in [3.05, 3.63) is 28.0 Å². The van der Waals surface area contributed by atoms with Crippen LogP contribution < -0.4 is 15.5 Å². The summed E-state index contributed by atoms with van der Waals surface area (Å²) < 4.78 is 25.7. The van der Waals surface area contributed by atoms with Crippen molar-refractivity contribution >= 4 is 29.3 Å². The normalized spacial score (nSPS) is 17.3. The number of rotatable bonds is 5. The Morgan fingerprint density at radius 2 is 2.14 bits per heavy atom. The van der Waals surface area contributed by atoms with Crippen molar-refractivity contribution in [1.82, 2.24) is 10.7 Å². The van der Waals surface area contributed by atoms with Gasteiger partial charge in [-0.1, -0.05) is 11.6 Å². The molecule has 9 heteroatoms. The third kappa shape index (κ3) is 5.34. The fourth-order valence-corrected chi connectivity index (χ4v) is 3.07. The van der Waals surface area contributed by atoms with Gasteiger partial charge in [-0.25, -0.2) is 14.6 Å². The Hall–Kier alpha value is -2.35. The number of nitrogens with zero attached hydrogens (tertiary/aromatic N) is 1. The summed E-state index contributed by atoms with van der Waals surface area (Å²) in [6.45, 7) is 9.18. The highest BCUT2D eigenvalue weighted by Gasteiger charge is 2.32. The molecule has 2 rings (SSSR count). The van der Waals surface area contributed by atoms with Crippen LogP contribution in [0.3, 0.4) is 0 Å². The maximum Gasteiger partial charge on any atom is 0.428 e. The van der Waals surface area contributed by atoms with Crippen molar-refractivity contribution in [1.29, 1.82) is 0 Å². The summed E-state index contributed by atoms with van der Waals surface area (Å²) in [7, 11) is 0. The maximum atomic E-state index is 14.8. The zero-order valence-corrected chi connectivity index (χ0v) is 17.4. The molecule has 0 aromatic heterocycles. The number of ether oxygens (including phenoxy) is 2. The number of nitrogens with one attached hydrogen (secondary N) is 2. The smallest absolute Gasteiger partial charge is 0.428 e. The van der Waals surface area contributed by atoms with E-state index in [1.807, 2.05) is 0 Å². The first-order valence-corrected chi connectivity index (χ1v) is 9.36. The van der Waals surface area contributed by atoms with Gasteiger partial charge in [0, 0.05) is 30.0 Å². The first kappa shape index (κ1) is 21.9. The maximum absolute atomic E-state index is 14.8. The van der Waals surface area contributed by atoms with E-state index >= 15 is 0 Å². The predicted molar refractivity (Wildman–Crippen MR) is 105 cm³/mol. The van der Waals surface area contributed by atoms with Gasteiger partial charge in [-0.15, -0.1) is 0 Å². The summed E-state index contributed by atoms with van der Waals surface area (Å²) in [5.41, 5.74) is 2.65. The molecule has 154 valence electrons. The van der Waals surface area contributed by atoms with Crippen LogP contribution in [-0.2, 0) is 9.53 Å². The molecule has 1 aliphatic rings. The minimum absolute atomic E-state index is 0.111. The lowest BCUT2D eigenvalue weighted by Gasteiger charge is -2.20. The molecule has 0 saturated carbocycles. The minimum atomic E-state index is -0.719. The van der Waals surface area contributed by atoms with Crippen molar-refractivity contribution in [3.8, 4) is 5.75 Å². The van der Waals surface area contributed by atoms with Crippen LogP contribution in [0.25, 0.3) is 0 Å². The Bertz CT molecular complexity index is 805. The molecule has 2 amide bonds. The topological polar surface area (TPSA) is 89.0 Å². The summed E-state index contributed by atoms with van der Waals surface area (Å²) in [5, 5.41) is 6.60. The third-order valence-electron chi connectivity index (χ3n) is 3.98. The Kier molecular flexibility index (Phi) is 6.87. The Labute approximate surface area is 168 Å². The van der Waals surface area contributed by atoms with Crippen LogP contribution in [0, 0.1) is 5.82 Å². The van der Waals surface area contributed by atoms with E-state index < -0.39 is 23.4 Å². The van der Waals surface area contributed by atoms with Crippen molar-refractivity contribution in [2.45, 2.75) is 52.6 Å². The van der Waals surface area contributed by atoms with Gasteiger partial charge in [0.15, 0.2) is 0 Å². The number of hydrogen-bond acceptors (Lipinski definition) is 5. The van der Waals surface area contributed by atoms with Gasteiger partial charge in [0.2, 0.25) is 5.91 Å². The SMILES string of the molecule is CCOc1c(/C(C)=N\NC(=O)OC(C)(C)C)cc(Cl)c(F)c1[C@@H]1CNC(=O)C1. The molecule has 0 bridgehead atoms. The lowest BCUT2D eigenvalue weighted by molar-refractivity contribution is -0.119. The molecule has 1 saturated heterocycles. The van der Waals surface area contributed by atoms with Gasteiger partial charge in [0.05, 0.1) is 17.3 Å². The van der Waals surface area contributed by atoms with Gasteiger partial charge < -0.3 is 14.8 Å². The second-order valence-electron chi connectivity index (χ2n) is 7.41. The van der Waals surface area contributed by atoms with Crippen molar-refractivity contribution in [2.75, 3.05) is 13.2 Å². The lowest BCUT2D eigenvalue weighted by Crippen LogP contribution is -2.30. The minimum Gasteiger partial charge on any atom is -0.493 e. The third-order valence-corrected chi connectivity index (χ3v) is 4.26. The summed E-state index contributed by atoms with van der Waals surface area (Å²) in [4.78, 5) is 23.4. The molecule has 1 aliphatic heterocycles. The molecule has 0 unspecified atom stereocenters. The average molecular weight is 414 g/mol. The molecule has 28 heavy (non-hydrogen) atoms. The Morgan fingerprint density at radius 3 is 2.68 bits per heavy atom. The molecule has 0 radical (unpaired) electrons. The average Bonchev–Trinajstić information content (AvgIpc) is 3.00. The molecule has 1 fully saturated rings. The largest absolute Gasteiger partial charge is 0.493 e. The van der Waals surface area contributed by atoms with Crippen LogP contribution in [0.2, 0.25) is 5.02 Å². The molecular weight excluding hydrogens is 389 g/mol. The molecule has 0 aliphatic carbocycles. The lowest BCUT2D eigenvalue weighted by atomic mass is 9.93. The predicted octanol–water partition coefficient (Wildman–Crippen LogP) is 3.73. The fraction of sp³-hybridized carbons (Fsp3) is 0.526. The molecule has 1 aromatic rings. The standard InChI is InChI=1S/C19H25ClFN3O4/c1-6-27-17-12(10(2)23-24-18(26)28-19(3,4)5)8-13(20)16(21)15(17)11-7-14(25)22-9-11/h8,11H,6-7,9H2,1-5H3,(H,22,25)(H,24,26)/b23-10-/t11-/m0/s1. The number of amides is 2. The van der Waals surface area contributed by atoms with Crippen LogP contribution in [0.15, 0.2) is 11.2 Å². The molecule has 1 atom stereocenters. The van der Waals surface area contributed by atoms with E-state index in [9.17, 15) is 14.0 Å². The highest BCUT2D eigenvalue weighted by molar-refractivity contribution is 6.31. The number of hydrazone groups is 1. The monoisotopic (exact) mass is 413 g/mol. The van der Waals surface area contributed by atoms with Crippen LogP contribution in [-0.4, -0.2) is 36.5 Å². The quantitative estimate of drug-likeness (QED) is 0.568. The van der Waals surface area contributed by atoms with E-state index in [0.29, 0.717) is 17.8 Å². The van der Waals surface area contributed by atoms with Gasteiger partial charge in [0.25, 0.3) is 0 Å². The number of carbonyl (C=O) groups is 2. The molecule has 1 aromatic carbocycles. The van der Waals surface area contributed by atoms with E-state index in [2.05, 4.69) is 15.8 Å². The number of benzene rings is 1. The summed E-state index contributed by atoms with van der Waals surface area (Å²) in [6.07, 6.45) is -0.577. The first-order valence-electron chi connectivity index (χ1n) is 8.98. The zero-order valence-electron chi connectivity index (χ0n) is 16.6. The summed E-state index contributed by atoms with van der Waals surface area (Å²) in [6, 6.07) is 1.39. The van der Waals surface area contributed by atoms with Crippen molar-refractivity contribution in [3.63, 3.8) is 0 Å². The second kappa shape index (κ2) is 8.77. The van der Waals surface area contributed by atoms with Crippen LogP contribution >= 0.6 is 11.6 Å². The van der Waals surface area contributed by atoms with Gasteiger partial charge in [0.1, 0.15) is 17.2 Å². The van der Waals surface area contributed by atoms with E-state index in [4.69, 9.17) is 21.1 Å². The summed E-state index contributed by atoms with van der Waals surface area (Å²) >= 11 is 6.10. The van der Waals surface area contributed by atoms with Crippen LogP contribution in [0.1, 0.15) is 58.1 Å². The number of hydrogen-bond donors (Lipinski definition) is 2. The van der Waals surface area contributed by atoms with Gasteiger partial charge in [-0.05, 0) is 40.7 Å². The van der Waals surface area contributed by atoms with E-state index in [1.54, 1.807) is 34.6 Å². The molecule has 1 heterocycles. The van der Waals surface area contributed by atoms with E-state index in [-0.39, 0.29) is 35.3 Å². The zero-order chi connectivity index (χ0) is 21.1. The number of carbonyl (C=O) groups excluding carboxylic acids is 2. The highest BCUT2D eigenvalue weighted by Crippen LogP contribution is 2.39. The van der Waals surface area contributed by atoms with Crippen LogP contribution in [0.5, 0.6) is 5.75 Å².